The summed E-state index contributed by atoms with van der Waals surface area (Å²) in [5, 5.41) is 9.44. The van der Waals surface area contributed by atoms with Gasteiger partial charge in [-0.1, -0.05) is 18.2 Å². The molecule has 1 fully saturated rings. The number of ether oxygens (including phenoxy) is 1. The maximum Gasteiger partial charge on any atom is 0.262 e. The lowest BCUT2D eigenvalue weighted by atomic mass is 10.1. The van der Waals surface area contributed by atoms with E-state index in [1.807, 2.05) is 18.2 Å². The second kappa shape index (κ2) is 7.87. The maximum absolute atomic E-state index is 13.4. The van der Waals surface area contributed by atoms with Crippen molar-refractivity contribution in [2.45, 2.75) is 31.8 Å². The molecule has 0 spiro atoms. The Morgan fingerprint density at radius 3 is 2.96 bits per heavy atom. The molecule has 7 heteroatoms. The first kappa shape index (κ1) is 18.3. The first-order chi connectivity index (χ1) is 13.7. The molecule has 1 aromatic heterocycles. The maximum atomic E-state index is 13.4. The predicted octanol–water partition coefficient (Wildman–Crippen LogP) is 1.85. The molecule has 0 saturated carbocycles. The number of nitrogens with zero attached hydrogens (tertiary/aromatic N) is 4. The summed E-state index contributed by atoms with van der Waals surface area (Å²) in [5.41, 5.74) is 8.81. The Labute approximate surface area is 163 Å². The van der Waals surface area contributed by atoms with Gasteiger partial charge in [0.05, 0.1) is 36.6 Å². The normalized spacial score (nSPS) is 19.1. The van der Waals surface area contributed by atoms with Crippen LogP contribution in [0.2, 0.25) is 0 Å². The van der Waals surface area contributed by atoms with E-state index >= 15 is 0 Å². The summed E-state index contributed by atoms with van der Waals surface area (Å²) >= 11 is 0. The van der Waals surface area contributed by atoms with E-state index in [0.29, 0.717) is 43.2 Å². The molecule has 3 heterocycles. The van der Waals surface area contributed by atoms with Gasteiger partial charge in [0.25, 0.3) is 5.56 Å². The zero-order valence-electron chi connectivity index (χ0n) is 15.7. The van der Waals surface area contributed by atoms with Crippen molar-refractivity contribution < 1.29 is 4.74 Å². The van der Waals surface area contributed by atoms with Crippen molar-refractivity contribution >= 4 is 11.5 Å². The van der Waals surface area contributed by atoms with Crippen molar-refractivity contribution in [2.24, 2.45) is 5.73 Å². The minimum atomic E-state index is -0.117. The Morgan fingerprint density at radius 2 is 2.21 bits per heavy atom. The average Bonchev–Trinajstić information content (AvgIpc) is 3.24. The second-order valence-electron chi connectivity index (χ2n) is 7.24. The van der Waals surface area contributed by atoms with Crippen molar-refractivity contribution in [3.63, 3.8) is 0 Å². The molecule has 2 aliphatic rings. The van der Waals surface area contributed by atoms with E-state index in [1.54, 1.807) is 23.1 Å². The standard InChI is InChI=1S/C21H23N5O2/c22-10-15-4-1-2-5-16(15)12-26-20(27)19(17-7-9-28-14-17)11-24-21(26)25-8-3-6-18(23)13-25/h1-2,4-5,11,14,18H,3,6-9,12-13,23H2/t18-/m1/s1. The molecule has 2 aromatic rings. The molecular formula is C21H23N5O2. The predicted molar refractivity (Wildman–Crippen MR) is 107 cm³/mol. The van der Waals surface area contributed by atoms with E-state index < -0.39 is 0 Å². The topological polar surface area (TPSA) is 97.2 Å². The fourth-order valence-electron chi connectivity index (χ4n) is 3.81. The molecule has 7 nitrogen and oxygen atoms in total. The van der Waals surface area contributed by atoms with E-state index in [-0.39, 0.29) is 11.6 Å². The van der Waals surface area contributed by atoms with Crippen LogP contribution in [-0.2, 0) is 11.3 Å². The molecular weight excluding hydrogens is 354 g/mol. The quantitative estimate of drug-likeness (QED) is 0.873. The van der Waals surface area contributed by atoms with Gasteiger partial charge in [-0.05, 0) is 24.5 Å². The fraction of sp³-hybridized carbons (Fsp3) is 0.381. The summed E-state index contributed by atoms with van der Waals surface area (Å²) in [7, 11) is 0. The number of nitriles is 1. The zero-order chi connectivity index (χ0) is 19.5. The van der Waals surface area contributed by atoms with Crippen molar-refractivity contribution in [2.75, 3.05) is 24.6 Å². The smallest absolute Gasteiger partial charge is 0.262 e. The van der Waals surface area contributed by atoms with Gasteiger partial charge in [-0.2, -0.15) is 5.26 Å². The molecule has 1 saturated heterocycles. The number of hydrogen-bond donors (Lipinski definition) is 1. The number of aromatic nitrogens is 2. The molecule has 2 aliphatic heterocycles. The van der Waals surface area contributed by atoms with Gasteiger partial charge >= 0.3 is 0 Å². The lowest BCUT2D eigenvalue weighted by Gasteiger charge is -2.33. The third kappa shape index (κ3) is 3.51. The first-order valence-electron chi connectivity index (χ1n) is 9.57. The van der Waals surface area contributed by atoms with Crippen LogP contribution in [0.4, 0.5) is 5.95 Å². The molecule has 144 valence electrons. The molecule has 0 amide bonds. The van der Waals surface area contributed by atoms with Gasteiger partial charge in [-0.3, -0.25) is 9.36 Å². The molecule has 0 unspecified atom stereocenters. The second-order valence-corrected chi connectivity index (χ2v) is 7.24. The Balaban J connectivity index is 1.81. The van der Waals surface area contributed by atoms with Gasteiger partial charge in [0.2, 0.25) is 5.95 Å². The van der Waals surface area contributed by atoms with E-state index in [1.165, 1.54) is 0 Å². The highest BCUT2D eigenvalue weighted by Crippen LogP contribution is 2.23. The molecule has 0 radical (unpaired) electrons. The zero-order valence-corrected chi connectivity index (χ0v) is 15.7. The van der Waals surface area contributed by atoms with Gasteiger partial charge < -0.3 is 15.4 Å². The Morgan fingerprint density at radius 1 is 1.36 bits per heavy atom. The third-order valence-electron chi connectivity index (χ3n) is 5.29. The lowest BCUT2D eigenvalue weighted by molar-refractivity contribution is 0.281. The largest absolute Gasteiger partial charge is 0.501 e. The third-order valence-corrected chi connectivity index (χ3v) is 5.29. The van der Waals surface area contributed by atoms with E-state index in [0.717, 1.165) is 30.5 Å². The Hall–Kier alpha value is -3.11. The number of piperidine rings is 1. The van der Waals surface area contributed by atoms with Crippen molar-refractivity contribution in [1.29, 1.82) is 5.26 Å². The van der Waals surface area contributed by atoms with Crippen molar-refractivity contribution in [3.05, 3.63) is 63.8 Å². The van der Waals surface area contributed by atoms with Crippen LogP contribution < -0.4 is 16.2 Å². The van der Waals surface area contributed by atoms with Crippen LogP contribution in [0.3, 0.4) is 0 Å². The summed E-state index contributed by atoms with van der Waals surface area (Å²) < 4.78 is 6.98. The number of rotatable bonds is 4. The SMILES string of the molecule is N#Cc1ccccc1Cn1c(N2CCC[C@@H](N)C2)ncc(C2=COCC2)c1=O. The Kier molecular flexibility index (Phi) is 5.13. The minimum absolute atomic E-state index is 0.0658. The van der Waals surface area contributed by atoms with Crippen LogP contribution in [0.1, 0.15) is 36.0 Å². The fourth-order valence-corrected chi connectivity index (χ4v) is 3.81. The number of hydrogen-bond acceptors (Lipinski definition) is 6. The molecule has 1 aromatic carbocycles. The molecule has 2 N–H and O–H groups in total. The summed E-state index contributed by atoms with van der Waals surface area (Å²) in [5.74, 6) is 0.608. The monoisotopic (exact) mass is 377 g/mol. The van der Waals surface area contributed by atoms with Gasteiger partial charge in [0, 0.05) is 37.3 Å². The van der Waals surface area contributed by atoms with Crippen LogP contribution in [0.15, 0.2) is 41.5 Å². The van der Waals surface area contributed by atoms with Crippen LogP contribution in [0, 0.1) is 11.3 Å². The molecule has 0 aliphatic carbocycles. The van der Waals surface area contributed by atoms with Crippen LogP contribution in [0.5, 0.6) is 0 Å². The van der Waals surface area contributed by atoms with Gasteiger partial charge in [0.15, 0.2) is 0 Å². The van der Waals surface area contributed by atoms with E-state index in [4.69, 9.17) is 10.5 Å². The summed E-state index contributed by atoms with van der Waals surface area (Å²) in [4.78, 5) is 20.1. The van der Waals surface area contributed by atoms with Gasteiger partial charge in [-0.15, -0.1) is 0 Å². The van der Waals surface area contributed by atoms with Crippen LogP contribution in [0.25, 0.3) is 5.57 Å². The number of benzene rings is 1. The summed E-state index contributed by atoms with van der Waals surface area (Å²) in [6.07, 6.45) is 5.92. The van der Waals surface area contributed by atoms with Crippen LogP contribution >= 0.6 is 0 Å². The van der Waals surface area contributed by atoms with Crippen molar-refractivity contribution in [1.82, 2.24) is 9.55 Å². The van der Waals surface area contributed by atoms with E-state index in [2.05, 4.69) is 16.0 Å². The minimum Gasteiger partial charge on any atom is -0.501 e. The molecule has 0 bridgehead atoms. The first-order valence-corrected chi connectivity index (χ1v) is 9.57. The van der Waals surface area contributed by atoms with Gasteiger partial charge in [-0.25, -0.2) is 4.98 Å². The van der Waals surface area contributed by atoms with Gasteiger partial charge in [0.1, 0.15) is 0 Å². The highest BCUT2D eigenvalue weighted by atomic mass is 16.5. The molecule has 4 rings (SSSR count). The lowest BCUT2D eigenvalue weighted by Crippen LogP contribution is -2.45. The summed E-state index contributed by atoms with van der Waals surface area (Å²) in [6, 6.07) is 9.62. The van der Waals surface area contributed by atoms with Crippen LogP contribution in [-0.4, -0.2) is 35.3 Å². The molecule has 28 heavy (non-hydrogen) atoms. The summed E-state index contributed by atoms with van der Waals surface area (Å²) in [6.45, 7) is 2.34. The molecule has 1 atom stereocenters. The Bertz CT molecular complexity index is 1000. The average molecular weight is 377 g/mol. The van der Waals surface area contributed by atoms with Crippen molar-refractivity contribution in [3.8, 4) is 6.07 Å². The van der Waals surface area contributed by atoms with E-state index in [9.17, 15) is 10.1 Å². The number of nitrogens with two attached hydrogens (primary N) is 1. The highest BCUT2D eigenvalue weighted by molar-refractivity contribution is 5.65. The number of anilines is 1. The highest BCUT2D eigenvalue weighted by Gasteiger charge is 2.24.